The molecule has 0 N–H and O–H groups in total. The number of benzene rings is 10. The summed E-state index contributed by atoms with van der Waals surface area (Å²) in [7, 11) is 0. The highest BCUT2D eigenvalue weighted by Gasteiger charge is 2.18. The highest BCUT2D eigenvalue weighted by molar-refractivity contribution is 6.39. The molecule has 0 unspecified atom stereocenters. The van der Waals surface area contributed by atoms with Gasteiger partial charge in [-0.05, 0) is 116 Å². The smallest absolute Gasteiger partial charge is 0.00137 e. The van der Waals surface area contributed by atoms with E-state index in [1.165, 1.54) is 98.0 Å². The Hall–Kier alpha value is -6.24. The second-order valence-corrected chi connectivity index (χ2v) is 12.8. The summed E-state index contributed by atoms with van der Waals surface area (Å²) >= 11 is 0. The van der Waals surface area contributed by atoms with Gasteiger partial charge in [0.2, 0.25) is 0 Å². The van der Waals surface area contributed by atoms with E-state index in [9.17, 15) is 0 Å². The summed E-state index contributed by atoms with van der Waals surface area (Å²) in [5.41, 5.74) is 7.42. The topological polar surface area (TPSA) is 0 Å². The Balaban J connectivity index is 1.33. The lowest BCUT2D eigenvalue weighted by atomic mass is 9.85. The Bertz CT molecular complexity index is 2880. The molecule has 10 aromatic carbocycles. The summed E-state index contributed by atoms with van der Waals surface area (Å²) in [5, 5.41) is 15.5. The SMILES string of the molecule is c1ccc(-c2ccc3c4ccc(-c5ccccc5-c5ccc6ccccc6c5)cc4c4c5ccccc5c5ccccc5c4c3c2)cc1. The van der Waals surface area contributed by atoms with Gasteiger partial charge in [0.15, 0.2) is 0 Å². The molecule has 10 aromatic rings. The van der Waals surface area contributed by atoms with Gasteiger partial charge >= 0.3 is 0 Å². The standard InChI is InChI=1S/C48H30/c1-2-12-31(13-3-1)34-24-26-41-42-27-25-36(38-17-7-6-16-37(38)35-23-22-32-14-4-5-15-33(32)28-35)30-46(42)48-44-21-11-9-19-40(44)39-18-8-10-20-43(39)47(48)45(41)29-34/h1-30H. The Morgan fingerprint density at radius 3 is 1.29 bits per heavy atom. The van der Waals surface area contributed by atoms with Crippen LogP contribution < -0.4 is 0 Å². The van der Waals surface area contributed by atoms with Gasteiger partial charge in [0, 0.05) is 0 Å². The second kappa shape index (κ2) is 10.7. The van der Waals surface area contributed by atoms with Crippen LogP contribution in [-0.2, 0) is 0 Å². The van der Waals surface area contributed by atoms with Crippen molar-refractivity contribution in [3.8, 4) is 33.4 Å². The molecule has 10 rings (SSSR count). The zero-order chi connectivity index (χ0) is 31.6. The van der Waals surface area contributed by atoms with Gasteiger partial charge in [0.05, 0.1) is 0 Å². The lowest BCUT2D eigenvalue weighted by molar-refractivity contribution is 1.61. The lowest BCUT2D eigenvalue weighted by Gasteiger charge is -2.18. The van der Waals surface area contributed by atoms with Gasteiger partial charge in [-0.15, -0.1) is 0 Å². The Morgan fingerprint density at radius 2 is 0.646 bits per heavy atom. The van der Waals surface area contributed by atoms with Crippen molar-refractivity contribution in [3.05, 3.63) is 182 Å². The molecule has 0 aromatic heterocycles. The third-order valence-corrected chi connectivity index (χ3v) is 10.2. The van der Waals surface area contributed by atoms with E-state index in [4.69, 9.17) is 0 Å². The summed E-state index contributed by atoms with van der Waals surface area (Å²) in [6.45, 7) is 0. The van der Waals surface area contributed by atoms with Crippen LogP contribution in [0.3, 0.4) is 0 Å². The molecule has 222 valence electrons. The van der Waals surface area contributed by atoms with Crippen molar-refractivity contribution in [1.82, 2.24) is 0 Å². The van der Waals surface area contributed by atoms with Crippen LogP contribution in [0, 0.1) is 0 Å². The Morgan fingerprint density at radius 1 is 0.208 bits per heavy atom. The molecule has 0 fully saturated rings. The van der Waals surface area contributed by atoms with Gasteiger partial charge in [0.25, 0.3) is 0 Å². The number of hydrogen-bond donors (Lipinski definition) is 0. The van der Waals surface area contributed by atoms with Gasteiger partial charge in [-0.3, -0.25) is 0 Å². The highest BCUT2D eigenvalue weighted by Crippen LogP contribution is 2.46. The van der Waals surface area contributed by atoms with E-state index in [0.717, 1.165) is 0 Å². The van der Waals surface area contributed by atoms with Crippen LogP contribution in [0.15, 0.2) is 182 Å². The molecule has 0 aliphatic carbocycles. The van der Waals surface area contributed by atoms with Gasteiger partial charge in [-0.2, -0.15) is 0 Å². The molecule has 0 atom stereocenters. The Kier molecular flexibility index (Phi) is 5.98. The average molecular weight is 607 g/mol. The van der Waals surface area contributed by atoms with Crippen molar-refractivity contribution in [1.29, 1.82) is 0 Å². The normalized spacial score (nSPS) is 11.8. The van der Waals surface area contributed by atoms with Crippen LogP contribution in [0.4, 0.5) is 0 Å². The molecular formula is C48H30. The molecule has 0 saturated carbocycles. The van der Waals surface area contributed by atoms with Crippen molar-refractivity contribution in [2.75, 3.05) is 0 Å². The first-order valence-corrected chi connectivity index (χ1v) is 16.7. The third-order valence-electron chi connectivity index (χ3n) is 10.2. The number of rotatable bonds is 3. The van der Waals surface area contributed by atoms with E-state index in [1.54, 1.807) is 0 Å². The largest absolute Gasteiger partial charge is 0.0622 e. The van der Waals surface area contributed by atoms with Gasteiger partial charge in [0.1, 0.15) is 0 Å². The molecular weight excluding hydrogens is 577 g/mol. The molecule has 0 spiro atoms. The van der Waals surface area contributed by atoms with E-state index in [-0.39, 0.29) is 0 Å². The van der Waals surface area contributed by atoms with Crippen LogP contribution in [0.1, 0.15) is 0 Å². The zero-order valence-corrected chi connectivity index (χ0v) is 26.3. The predicted octanol–water partition coefficient (Wildman–Crippen LogP) is 13.6. The molecule has 0 aliphatic rings. The molecule has 0 saturated heterocycles. The van der Waals surface area contributed by atoms with E-state index >= 15 is 0 Å². The van der Waals surface area contributed by atoms with E-state index < -0.39 is 0 Å². The molecule has 48 heavy (non-hydrogen) atoms. The maximum Gasteiger partial charge on any atom is -0.00137 e. The minimum absolute atomic E-state index is 1.23. The van der Waals surface area contributed by atoms with E-state index in [2.05, 4.69) is 182 Å². The van der Waals surface area contributed by atoms with Gasteiger partial charge in [-0.1, -0.05) is 164 Å². The number of hydrogen-bond acceptors (Lipinski definition) is 0. The summed E-state index contributed by atoms with van der Waals surface area (Å²) in [6, 6.07) is 67.1. The van der Waals surface area contributed by atoms with Crippen LogP contribution in [0.25, 0.3) is 98.0 Å². The van der Waals surface area contributed by atoms with E-state index in [0.29, 0.717) is 0 Å². The minimum Gasteiger partial charge on any atom is -0.0622 e. The van der Waals surface area contributed by atoms with Crippen molar-refractivity contribution in [2.24, 2.45) is 0 Å². The van der Waals surface area contributed by atoms with Crippen molar-refractivity contribution >= 4 is 64.6 Å². The van der Waals surface area contributed by atoms with Crippen molar-refractivity contribution in [2.45, 2.75) is 0 Å². The van der Waals surface area contributed by atoms with Gasteiger partial charge < -0.3 is 0 Å². The van der Waals surface area contributed by atoms with Gasteiger partial charge in [-0.25, -0.2) is 0 Å². The van der Waals surface area contributed by atoms with Crippen molar-refractivity contribution < 1.29 is 0 Å². The fraction of sp³-hybridized carbons (Fsp3) is 0. The fourth-order valence-electron chi connectivity index (χ4n) is 7.99. The van der Waals surface area contributed by atoms with Crippen LogP contribution in [-0.4, -0.2) is 0 Å². The third kappa shape index (κ3) is 4.10. The first-order valence-electron chi connectivity index (χ1n) is 16.7. The quantitative estimate of drug-likeness (QED) is 0.176. The average Bonchev–Trinajstić information content (AvgIpc) is 3.17. The second-order valence-electron chi connectivity index (χ2n) is 12.8. The first kappa shape index (κ1) is 26.9. The molecule has 0 bridgehead atoms. The Labute approximate surface area is 279 Å². The van der Waals surface area contributed by atoms with Crippen LogP contribution in [0.5, 0.6) is 0 Å². The molecule has 0 heteroatoms. The minimum atomic E-state index is 1.23. The molecule has 0 radical (unpaired) electrons. The summed E-state index contributed by atoms with van der Waals surface area (Å²) in [4.78, 5) is 0. The summed E-state index contributed by atoms with van der Waals surface area (Å²) in [6.07, 6.45) is 0. The van der Waals surface area contributed by atoms with Crippen molar-refractivity contribution in [3.63, 3.8) is 0 Å². The maximum atomic E-state index is 2.45. The van der Waals surface area contributed by atoms with Crippen LogP contribution >= 0.6 is 0 Å². The van der Waals surface area contributed by atoms with E-state index in [1.807, 2.05) is 0 Å². The van der Waals surface area contributed by atoms with Crippen LogP contribution in [0.2, 0.25) is 0 Å². The first-order chi connectivity index (χ1) is 23.8. The lowest BCUT2D eigenvalue weighted by Crippen LogP contribution is -1.91. The summed E-state index contributed by atoms with van der Waals surface area (Å²) in [5.74, 6) is 0. The summed E-state index contributed by atoms with van der Waals surface area (Å²) < 4.78 is 0. The molecule has 0 aliphatic heterocycles. The predicted molar refractivity (Wildman–Crippen MR) is 208 cm³/mol. The monoisotopic (exact) mass is 606 g/mol. The molecule has 0 amide bonds. The maximum absolute atomic E-state index is 2.45. The molecule has 0 nitrogen and oxygen atoms in total. The fourth-order valence-corrected chi connectivity index (χ4v) is 7.99. The number of fused-ring (bicyclic) bond motifs is 12. The zero-order valence-electron chi connectivity index (χ0n) is 26.3. The highest BCUT2D eigenvalue weighted by atomic mass is 14.2. The molecule has 0 heterocycles.